The molecule has 0 saturated carbocycles. The summed E-state index contributed by atoms with van der Waals surface area (Å²) in [6.45, 7) is 6.40. The number of allylic oxidation sites excluding steroid dienone is 1. The largest absolute Gasteiger partial charge is 0.357 e. The van der Waals surface area contributed by atoms with Crippen molar-refractivity contribution in [2.24, 2.45) is 16.8 Å². The molecular weight excluding hydrogens is 150 g/mol. The van der Waals surface area contributed by atoms with Crippen molar-refractivity contribution in [3.8, 4) is 0 Å². The van der Waals surface area contributed by atoms with Gasteiger partial charge in [-0.25, -0.2) is 0 Å². The van der Waals surface area contributed by atoms with Gasteiger partial charge in [-0.1, -0.05) is 19.9 Å². The number of hydrogen-bond acceptors (Lipinski definition) is 2. The minimum absolute atomic E-state index is 0.358. The van der Waals surface area contributed by atoms with Crippen molar-refractivity contribution >= 4 is 6.21 Å². The van der Waals surface area contributed by atoms with Crippen LogP contribution in [0.4, 0.5) is 0 Å². The molecule has 2 atom stereocenters. The molecular formula is C10H17NO. The van der Waals surface area contributed by atoms with Gasteiger partial charge in [0.15, 0.2) is 5.72 Å². The second-order valence-corrected chi connectivity index (χ2v) is 3.69. The van der Waals surface area contributed by atoms with Crippen LogP contribution in [0, 0.1) is 11.8 Å². The summed E-state index contributed by atoms with van der Waals surface area (Å²) in [4.78, 5) is 4.35. The molecule has 1 heterocycles. The Morgan fingerprint density at radius 3 is 2.58 bits per heavy atom. The molecule has 2 unspecified atom stereocenters. The molecule has 0 spiro atoms. The Bertz CT molecular complexity index is 208. The zero-order valence-corrected chi connectivity index (χ0v) is 8.24. The number of ether oxygens (including phenoxy) is 1. The third kappa shape index (κ3) is 1.58. The minimum Gasteiger partial charge on any atom is -0.357 e. The van der Waals surface area contributed by atoms with E-state index < -0.39 is 0 Å². The maximum atomic E-state index is 5.40. The number of methoxy groups -OCH3 is 1. The highest BCUT2D eigenvalue weighted by molar-refractivity contribution is 5.72. The summed E-state index contributed by atoms with van der Waals surface area (Å²) in [5, 5.41) is 0. The third-order valence-corrected chi connectivity index (χ3v) is 2.49. The fraction of sp³-hybridized carbons (Fsp3) is 0.700. The van der Waals surface area contributed by atoms with Crippen molar-refractivity contribution in [2.75, 3.05) is 7.11 Å². The van der Waals surface area contributed by atoms with E-state index in [-0.39, 0.29) is 5.72 Å². The number of nitrogens with zero attached hydrogens (tertiary/aromatic N) is 1. The van der Waals surface area contributed by atoms with Gasteiger partial charge in [0.05, 0.1) is 0 Å². The monoisotopic (exact) mass is 167 g/mol. The van der Waals surface area contributed by atoms with E-state index in [4.69, 9.17) is 4.74 Å². The maximum Gasteiger partial charge on any atom is 0.162 e. The Labute approximate surface area is 74.3 Å². The molecule has 1 aliphatic heterocycles. The molecule has 1 aliphatic rings. The lowest BCUT2D eigenvalue weighted by atomic mass is 9.85. The van der Waals surface area contributed by atoms with Crippen LogP contribution in [0.5, 0.6) is 0 Å². The van der Waals surface area contributed by atoms with Crippen LogP contribution in [-0.2, 0) is 4.74 Å². The molecule has 0 radical (unpaired) electrons. The highest BCUT2D eigenvalue weighted by Gasteiger charge is 2.34. The Morgan fingerprint density at radius 1 is 1.50 bits per heavy atom. The van der Waals surface area contributed by atoms with Crippen LogP contribution in [0.3, 0.4) is 0 Å². The van der Waals surface area contributed by atoms with Crippen LogP contribution < -0.4 is 0 Å². The van der Waals surface area contributed by atoms with E-state index in [2.05, 4.69) is 24.9 Å². The van der Waals surface area contributed by atoms with Gasteiger partial charge < -0.3 is 4.74 Å². The first kappa shape index (κ1) is 9.46. The zero-order chi connectivity index (χ0) is 9.19. The Morgan fingerprint density at radius 2 is 2.17 bits per heavy atom. The zero-order valence-electron chi connectivity index (χ0n) is 8.24. The van der Waals surface area contributed by atoms with Crippen molar-refractivity contribution in [3.05, 3.63) is 12.2 Å². The van der Waals surface area contributed by atoms with Gasteiger partial charge in [-0.15, -0.1) is 0 Å². The van der Waals surface area contributed by atoms with Crippen molar-refractivity contribution in [1.29, 1.82) is 0 Å². The van der Waals surface area contributed by atoms with Crippen molar-refractivity contribution in [3.63, 3.8) is 0 Å². The fourth-order valence-electron chi connectivity index (χ4n) is 1.65. The average Bonchev–Trinajstić information content (AvgIpc) is 2.05. The molecule has 1 rings (SSSR count). The fourth-order valence-corrected chi connectivity index (χ4v) is 1.65. The minimum atomic E-state index is -0.358. The van der Waals surface area contributed by atoms with Gasteiger partial charge >= 0.3 is 0 Å². The number of rotatable bonds is 2. The summed E-state index contributed by atoms with van der Waals surface area (Å²) >= 11 is 0. The summed E-state index contributed by atoms with van der Waals surface area (Å²) in [7, 11) is 1.71. The molecule has 0 aliphatic carbocycles. The summed E-state index contributed by atoms with van der Waals surface area (Å²) in [6, 6.07) is 0. The second kappa shape index (κ2) is 3.40. The number of aliphatic imine (C=N–C) groups is 1. The van der Waals surface area contributed by atoms with Gasteiger partial charge in [0.2, 0.25) is 0 Å². The highest BCUT2D eigenvalue weighted by atomic mass is 16.5. The van der Waals surface area contributed by atoms with E-state index in [0.29, 0.717) is 11.8 Å². The van der Waals surface area contributed by atoms with Crippen LogP contribution in [-0.4, -0.2) is 19.0 Å². The lowest BCUT2D eigenvalue weighted by molar-refractivity contribution is -0.0347. The lowest BCUT2D eigenvalue weighted by Gasteiger charge is -2.35. The first-order chi connectivity index (χ1) is 5.60. The Balaban J connectivity index is 2.84. The molecule has 68 valence electrons. The van der Waals surface area contributed by atoms with Crippen LogP contribution in [0.25, 0.3) is 0 Å². The van der Waals surface area contributed by atoms with Gasteiger partial charge in [0.1, 0.15) is 0 Å². The lowest BCUT2D eigenvalue weighted by Crippen LogP contribution is -2.38. The third-order valence-electron chi connectivity index (χ3n) is 2.49. The normalized spacial score (nSPS) is 34.6. The van der Waals surface area contributed by atoms with E-state index in [1.807, 2.05) is 19.2 Å². The molecule has 2 nitrogen and oxygen atoms in total. The number of dihydropyridines is 1. The summed E-state index contributed by atoms with van der Waals surface area (Å²) in [6.07, 6.45) is 5.97. The molecule has 0 amide bonds. The molecule has 0 saturated heterocycles. The topological polar surface area (TPSA) is 21.6 Å². The predicted octanol–water partition coefficient (Wildman–Crippen LogP) is 2.26. The standard InChI is InChI=1S/C10H17NO/c1-8(2)9-6-5-7-11-10(9,3)12-4/h5-9H,1-4H3. The van der Waals surface area contributed by atoms with Gasteiger partial charge in [0, 0.05) is 19.2 Å². The Hall–Kier alpha value is -0.630. The summed E-state index contributed by atoms with van der Waals surface area (Å²) in [5.41, 5.74) is -0.358. The van der Waals surface area contributed by atoms with Crippen molar-refractivity contribution in [1.82, 2.24) is 0 Å². The highest BCUT2D eigenvalue weighted by Crippen LogP contribution is 2.31. The van der Waals surface area contributed by atoms with Crippen LogP contribution in [0.15, 0.2) is 17.1 Å². The van der Waals surface area contributed by atoms with Gasteiger partial charge in [0.25, 0.3) is 0 Å². The predicted molar refractivity (Wildman–Crippen MR) is 51.4 cm³/mol. The molecule has 0 aromatic heterocycles. The van der Waals surface area contributed by atoms with E-state index in [0.717, 1.165) is 0 Å². The quantitative estimate of drug-likeness (QED) is 0.618. The smallest absolute Gasteiger partial charge is 0.162 e. The van der Waals surface area contributed by atoms with Crippen molar-refractivity contribution in [2.45, 2.75) is 26.5 Å². The molecule has 2 heteroatoms. The van der Waals surface area contributed by atoms with E-state index in [9.17, 15) is 0 Å². The van der Waals surface area contributed by atoms with E-state index in [1.165, 1.54) is 0 Å². The Kier molecular flexibility index (Phi) is 2.68. The molecule has 0 fully saturated rings. The van der Waals surface area contributed by atoms with Gasteiger partial charge in [-0.3, -0.25) is 4.99 Å². The molecule has 12 heavy (non-hydrogen) atoms. The molecule has 0 aromatic carbocycles. The van der Waals surface area contributed by atoms with Gasteiger partial charge in [-0.05, 0) is 18.9 Å². The van der Waals surface area contributed by atoms with E-state index in [1.54, 1.807) is 7.11 Å². The second-order valence-electron chi connectivity index (χ2n) is 3.69. The molecule has 0 bridgehead atoms. The average molecular weight is 167 g/mol. The SMILES string of the molecule is COC1(C)N=CC=CC1C(C)C. The summed E-state index contributed by atoms with van der Waals surface area (Å²) in [5.74, 6) is 0.941. The maximum absolute atomic E-state index is 5.40. The molecule has 0 N–H and O–H groups in total. The first-order valence-electron chi connectivity index (χ1n) is 4.37. The van der Waals surface area contributed by atoms with Crippen LogP contribution in [0.1, 0.15) is 20.8 Å². The van der Waals surface area contributed by atoms with Crippen LogP contribution >= 0.6 is 0 Å². The first-order valence-corrected chi connectivity index (χ1v) is 4.37. The van der Waals surface area contributed by atoms with Crippen molar-refractivity contribution < 1.29 is 4.74 Å². The summed E-state index contributed by atoms with van der Waals surface area (Å²) < 4.78 is 5.40. The number of hydrogen-bond donors (Lipinski definition) is 0. The van der Waals surface area contributed by atoms with Crippen LogP contribution in [0.2, 0.25) is 0 Å². The molecule has 0 aromatic rings. The van der Waals surface area contributed by atoms with E-state index >= 15 is 0 Å². The van der Waals surface area contributed by atoms with Gasteiger partial charge in [-0.2, -0.15) is 0 Å².